The molecular formula is C16H19N3OS. The first-order valence-corrected chi connectivity index (χ1v) is 7.80. The molecule has 1 aromatic carbocycles. The summed E-state index contributed by atoms with van der Waals surface area (Å²) in [5, 5.41) is 6.89. The highest BCUT2D eigenvalue weighted by Crippen LogP contribution is 2.09. The smallest absolute Gasteiger partial charge is 0.246 e. The maximum absolute atomic E-state index is 11.8. The van der Waals surface area contributed by atoms with Crippen LogP contribution >= 0.6 is 11.3 Å². The zero-order chi connectivity index (χ0) is 15.2. The van der Waals surface area contributed by atoms with Crippen molar-refractivity contribution < 1.29 is 4.79 Å². The molecule has 0 aliphatic carbocycles. The van der Waals surface area contributed by atoms with Crippen molar-refractivity contribution in [1.82, 2.24) is 10.4 Å². The fraction of sp³-hybridized carbons (Fsp3) is 0.312. The number of carbonyl (C=O) groups excluding carboxylic acids is 1. The molecule has 0 bridgehead atoms. The number of benzene rings is 1. The lowest BCUT2D eigenvalue weighted by Crippen LogP contribution is -2.21. The Morgan fingerprint density at radius 3 is 2.62 bits per heavy atom. The van der Waals surface area contributed by atoms with Crippen LogP contribution in [0.25, 0.3) is 0 Å². The van der Waals surface area contributed by atoms with Gasteiger partial charge in [-0.15, -0.1) is 11.3 Å². The van der Waals surface area contributed by atoms with Gasteiger partial charge < -0.3 is 0 Å². The Balaban J connectivity index is 1.94. The third-order valence-electron chi connectivity index (χ3n) is 3.11. The standard InChI is InChI=1S/C16H19N3OS/c1-4-13-5-7-14(8-6-13)12(3)18-19-15(20)9-16-17-11(2)10-21-16/h5-8,10H,4,9H2,1-3H3,(H,19,20)/b18-12-. The van der Waals surface area contributed by atoms with Crippen LogP contribution in [0.5, 0.6) is 0 Å². The number of hydrogen-bond acceptors (Lipinski definition) is 4. The Hall–Kier alpha value is -2.01. The van der Waals surface area contributed by atoms with Gasteiger partial charge in [0.1, 0.15) is 5.01 Å². The first-order chi connectivity index (χ1) is 10.1. The van der Waals surface area contributed by atoms with Crippen LogP contribution in [-0.4, -0.2) is 16.6 Å². The van der Waals surface area contributed by atoms with Crippen molar-refractivity contribution in [3.05, 3.63) is 51.5 Å². The third kappa shape index (κ3) is 4.49. The Kier molecular flexibility index (Phi) is 5.22. The van der Waals surface area contributed by atoms with E-state index in [0.29, 0.717) is 0 Å². The summed E-state index contributed by atoms with van der Waals surface area (Å²) < 4.78 is 0. The number of amides is 1. The van der Waals surface area contributed by atoms with Crippen LogP contribution in [0.4, 0.5) is 0 Å². The molecule has 0 fully saturated rings. The van der Waals surface area contributed by atoms with Crippen LogP contribution in [0, 0.1) is 6.92 Å². The first-order valence-electron chi connectivity index (χ1n) is 6.92. The largest absolute Gasteiger partial charge is 0.273 e. The summed E-state index contributed by atoms with van der Waals surface area (Å²) in [6, 6.07) is 8.20. The van der Waals surface area contributed by atoms with Gasteiger partial charge in [-0.2, -0.15) is 5.10 Å². The van der Waals surface area contributed by atoms with Gasteiger partial charge in [0.2, 0.25) is 5.91 Å². The van der Waals surface area contributed by atoms with Gasteiger partial charge in [-0.25, -0.2) is 10.4 Å². The molecule has 4 nitrogen and oxygen atoms in total. The summed E-state index contributed by atoms with van der Waals surface area (Å²) >= 11 is 1.49. The van der Waals surface area contributed by atoms with Gasteiger partial charge in [0.15, 0.2) is 0 Å². The fourth-order valence-electron chi connectivity index (χ4n) is 1.85. The Morgan fingerprint density at radius 1 is 1.33 bits per heavy atom. The number of nitrogens with zero attached hydrogens (tertiary/aromatic N) is 2. The lowest BCUT2D eigenvalue weighted by Gasteiger charge is -2.03. The molecule has 21 heavy (non-hydrogen) atoms. The van der Waals surface area contributed by atoms with Crippen molar-refractivity contribution in [3.8, 4) is 0 Å². The highest BCUT2D eigenvalue weighted by Gasteiger charge is 2.06. The van der Waals surface area contributed by atoms with Crippen LogP contribution in [-0.2, 0) is 17.6 Å². The molecule has 1 heterocycles. The fourth-order valence-corrected chi connectivity index (χ4v) is 2.62. The van der Waals surface area contributed by atoms with E-state index in [0.717, 1.165) is 28.4 Å². The van der Waals surface area contributed by atoms with Crippen molar-refractivity contribution >= 4 is 23.0 Å². The molecule has 0 unspecified atom stereocenters. The highest BCUT2D eigenvalue weighted by atomic mass is 32.1. The molecule has 1 amide bonds. The number of aryl methyl sites for hydroxylation is 2. The molecular weight excluding hydrogens is 282 g/mol. The average Bonchev–Trinajstić information content (AvgIpc) is 2.90. The van der Waals surface area contributed by atoms with Crippen molar-refractivity contribution in [1.29, 1.82) is 0 Å². The quantitative estimate of drug-likeness (QED) is 0.681. The first kappa shape index (κ1) is 15.4. The minimum atomic E-state index is -0.145. The Morgan fingerprint density at radius 2 is 2.05 bits per heavy atom. The molecule has 0 saturated carbocycles. The predicted molar refractivity (Wildman–Crippen MR) is 86.7 cm³/mol. The van der Waals surface area contributed by atoms with E-state index in [1.165, 1.54) is 16.9 Å². The van der Waals surface area contributed by atoms with Crippen LogP contribution < -0.4 is 5.43 Å². The summed E-state index contributed by atoms with van der Waals surface area (Å²) in [5.74, 6) is -0.145. The van der Waals surface area contributed by atoms with Gasteiger partial charge in [0.25, 0.3) is 0 Å². The number of carbonyl (C=O) groups is 1. The normalized spacial score (nSPS) is 11.5. The van der Waals surface area contributed by atoms with E-state index in [-0.39, 0.29) is 12.3 Å². The van der Waals surface area contributed by atoms with Gasteiger partial charge in [-0.3, -0.25) is 4.79 Å². The molecule has 1 N–H and O–H groups in total. The van der Waals surface area contributed by atoms with Crippen LogP contribution in [0.1, 0.15) is 35.7 Å². The van der Waals surface area contributed by atoms with E-state index in [1.807, 2.05) is 31.4 Å². The zero-order valence-corrected chi connectivity index (χ0v) is 13.3. The predicted octanol–water partition coefficient (Wildman–Crippen LogP) is 3.10. The zero-order valence-electron chi connectivity index (χ0n) is 12.5. The Labute approximate surface area is 128 Å². The molecule has 110 valence electrons. The van der Waals surface area contributed by atoms with Gasteiger partial charge in [-0.1, -0.05) is 31.2 Å². The van der Waals surface area contributed by atoms with Crippen molar-refractivity contribution in [2.75, 3.05) is 0 Å². The van der Waals surface area contributed by atoms with E-state index >= 15 is 0 Å². The highest BCUT2D eigenvalue weighted by molar-refractivity contribution is 7.09. The molecule has 0 aliphatic heterocycles. The Bertz CT molecular complexity index is 644. The monoisotopic (exact) mass is 301 g/mol. The molecule has 1 aromatic heterocycles. The van der Waals surface area contributed by atoms with Crippen molar-refractivity contribution in [3.63, 3.8) is 0 Å². The van der Waals surface area contributed by atoms with Crippen LogP contribution in [0.3, 0.4) is 0 Å². The van der Waals surface area contributed by atoms with Gasteiger partial charge in [-0.05, 0) is 31.4 Å². The topological polar surface area (TPSA) is 54.4 Å². The molecule has 0 radical (unpaired) electrons. The maximum Gasteiger partial charge on any atom is 0.246 e. The van der Waals surface area contributed by atoms with Gasteiger partial charge >= 0.3 is 0 Å². The second-order valence-electron chi connectivity index (χ2n) is 4.84. The summed E-state index contributed by atoms with van der Waals surface area (Å²) in [6.45, 7) is 5.92. The van der Waals surface area contributed by atoms with Gasteiger partial charge in [0, 0.05) is 11.1 Å². The van der Waals surface area contributed by atoms with E-state index < -0.39 is 0 Å². The van der Waals surface area contributed by atoms with Crippen molar-refractivity contribution in [2.45, 2.75) is 33.6 Å². The number of aromatic nitrogens is 1. The summed E-state index contributed by atoms with van der Waals surface area (Å²) in [5.41, 5.74) is 6.62. The number of hydrazone groups is 1. The van der Waals surface area contributed by atoms with E-state index in [2.05, 4.69) is 34.6 Å². The minimum absolute atomic E-state index is 0.145. The maximum atomic E-state index is 11.8. The summed E-state index contributed by atoms with van der Waals surface area (Å²) in [7, 11) is 0. The van der Waals surface area contributed by atoms with E-state index in [1.54, 1.807) is 0 Å². The molecule has 0 saturated heterocycles. The molecule has 0 atom stereocenters. The molecule has 5 heteroatoms. The number of hydrogen-bond donors (Lipinski definition) is 1. The van der Waals surface area contributed by atoms with Crippen LogP contribution in [0.2, 0.25) is 0 Å². The van der Waals surface area contributed by atoms with Crippen molar-refractivity contribution in [2.24, 2.45) is 5.10 Å². The summed E-state index contributed by atoms with van der Waals surface area (Å²) in [6.07, 6.45) is 1.28. The average molecular weight is 301 g/mol. The third-order valence-corrected chi connectivity index (χ3v) is 4.07. The van der Waals surface area contributed by atoms with Crippen LogP contribution in [0.15, 0.2) is 34.7 Å². The lowest BCUT2D eigenvalue weighted by molar-refractivity contribution is -0.120. The van der Waals surface area contributed by atoms with Gasteiger partial charge in [0.05, 0.1) is 12.1 Å². The number of rotatable bonds is 5. The van der Waals surface area contributed by atoms with E-state index in [4.69, 9.17) is 0 Å². The summed E-state index contributed by atoms with van der Waals surface area (Å²) in [4.78, 5) is 16.1. The molecule has 0 spiro atoms. The molecule has 2 aromatic rings. The lowest BCUT2D eigenvalue weighted by atomic mass is 10.1. The minimum Gasteiger partial charge on any atom is -0.273 e. The molecule has 2 rings (SSSR count). The number of nitrogens with one attached hydrogen (secondary N) is 1. The molecule has 0 aliphatic rings. The second-order valence-corrected chi connectivity index (χ2v) is 5.78. The number of thiazole rings is 1. The SMILES string of the molecule is CCc1ccc(/C(C)=N\NC(=O)Cc2nc(C)cs2)cc1. The second kappa shape index (κ2) is 7.13. The van der Waals surface area contributed by atoms with E-state index in [9.17, 15) is 4.79 Å².